The summed E-state index contributed by atoms with van der Waals surface area (Å²) < 4.78 is 3.78. The topological polar surface area (TPSA) is 60.0 Å². The Hall–Kier alpha value is -2.21. The average molecular weight is 308 g/mol. The molecule has 1 unspecified atom stereocenters. The van der Waals surface area contributed by atoms with Crippen molar-refractivity contribution in [3.05, 3.63) is 36.5 Å². The largest absolute Gasteiger partial charge is 0.316 e. The van der Waals surface area contributed by atoms with Gasteiger partial charge < -0.3 is 5.32 Å². The number of hydrogen-bond donors (Lipinski definition) is 1. The molecule has 1 saturated carbocycles. The second kappa shape index (κ2) is 4.89. The molecule has 1 aliphatic carbocycles. The van der Waals surface area contributed by atoms with Crippen LogP contribution in [0.2, 0.25) is 0 Å². The maximum absolute atomic E-state index is 5.03. The molecule has 1 saturated heterocycles. The molecule has 0 bridgehead atoms. The van der Waals surface area contributed by atoms with Gasteiger partial charge in [0.15, 0.2) is 0 Å². The van der Waals surface area contributed by atoms with Crippen LogP contribution in [0.15, 0.2) is 30.9 Å². The lowest BCUT2D eigenvalue weighted by atomic mass is 10.00. The molecule has 3 aromatic heterocycles. The van der Waals surface area contributed by atoms with Gasteiger partial charge in [0.25, 0.3) is 0 Å². The predicted octanol–water partition coefficient (Wildman–Crippen LogP) is 1.84. The fraction of sp³-hybridized carbons (Fsp3) is 0.471. The Morgan fingerprint density at radius 2 is 1.96 bits per heavy atom. The summed E-state index contributed by atoms with van der Waals surface area (Å²) in [5, 5.41) is 12.2. The Morgan fingerprint density at radius 3 is 2.70 bits per heavy atom. The molecule has 1 aliphatic heterocycles. The first-order valence-corrected chi connectivity index (χ1v) is 8.32. The van der Waals surface area contributed by atoms with Gasteiger partial charge in [-0.05, 0) is 43.8 Å². The standard InChI is InChI=1S/C17H20N6/c1-22-9-14(8-20-22)15-10-23-16(2-3-19-23)17(21-15)11-4-12-6-18-7-13(12)5-11/h2-3,8-13,18H,4-7H2,1H3/t11?,12-,13+. The molecule has 5 rings (SSSR count). The molecule has 0 amide bonds. The minimum atomic E-state index is 0.544. The molecule has 0 aromatic carbocycles. The molecule has 0 spiro atoms. The van der Waals surface area contributed by atoms with Crippen LogP contribution < -0.4 is 5.32 Å². The van der Waals surface area contributed by atoms with E-state index in [0.717, 1.165) is 28.6 Å². The lowest BCUT2D eigenvalue weighted by molar-refractivity contribution is 0.494. The Kier molecular flexibility index (Phi) is 2.82. The van der Waals surface area contributed by atoms with Crippen LogP contribution in [-0.2, 0) is 7.05 Å². The van der Waals surface area contributed by atoms with Gasteiger partial charge in [-0.3, -0.25) is 4.68 Å². The third kappa shape index (κ3) is 2.09. The van der Waals surface area contributed by atoms with Gasteiger partial charge in [-0.25, -0.2) is 9.50 Å². The zero-order valence-electron chi connectivity index (χ0n) is 13.2. The summed E-state index contributed by atoms with van der Waals surface area (Å²) in [5.74, 6) is 2.17. The summed E-state index contributed by atoms with van der Waals surface area (Å²) in [7, 11) is 1.93. The molecule has 23 heavy (non-hydrogen) atoms. The Labute approximate surface area is 134 Å². The summed E-state index contributed by atoms with van der Waals surface area (Å²) in [5.41, 5.74) is 4.36. The first-order chi connectivity index (χ1) is 11.3. The first kappa shape index (κ1) is 13.2. The highest BCUT2D eigenvalue weighted by atomic mass is 15.2. The van der Waals surface area contributed by atoms with E-state index in [2.05, 4.69) is 21.6 Å². The van der Waals surface area contributed by atoms with E-state index in [1.165, 1.54) is 31.6 Å². The van der Waals surface area contributed by atoms with Crippen LogP contribution in [0.3, 0.4) is 0 Å². The van der Waals surface area contributed by atoms with Crippen molar-refractivity contribution in [2.45, 2.75) is 18.8 Å². The van der Waals surface area contributed by atoms with Gasteiger partial charge in [-0.2, -0.15) is 10.2 Å². The smallest absolute Gasteiger partial charge is 0.0921 e. The van der Waals surface area contributed by atoms with Crippen molar-refractivity contribution >= 4 is 5.52 Å². The Bertz CT molecular complexity index is 851. The van der Waals surface area contributed by atoms with Crippen LogP contribution in [0.1, 0.15) is 24.5 Å². The van der Waals surface area contributed by atoms with Crippen LogP contribution in [0.4, 0.5) is 0 Å². The number of fused-ring (bicyclic) bond motifs is 2. The third-order valence-corrected chi connectivity index (χ3v) is 5.46. The molecule has 6 heteroatoms. The Balaban J connectivity index is 1.61. The van der Waals surface area contributed by atoms with Crippen LogP contribution in [-0.4, -0.2) is 37.5 Å². The predicted molar refractivity (Wildman–Crippen MR) is 87.0 cm³/mol. The van der Waals surface area contributed by atoms with Gasteiger partial charge in [0.1, 0.15) is 0 Å². The van der Waals surface area contributed by atoms with E-state index < -0.39 is 0 Å². The highest BCUT2D eigenvalue weighted by Gasteiger charge is 2.39. The Morgan fingerprint density at radius 1 is 1.13 bits per heavy atom. The van der Waals surface area contributed by atoms with Crippen LogP contribution in [0.25, 0.3) is 16.8 Å². The van der Waals surface area contributed by atoms with E-state index in [1.807, 2.05) is 41.0 Å². The highest BCUT2D eigenvalue weighted by Crippen LogP contribution is 2.44. The van der Waals surface area contributed by atoms with Gasteiger partial charge in [-0.1, -0.05) is 0 Å². The van der Waals surface area contributed by atoms with E-state index in [0.29, 0.717) is 5.92 Å². The van der Waals surface area contributed by atoms with Gasteiger partial charge >= 0.3 is 0 Å². The lowest BCUT2D eigenvalue weighted by Crippen LogP contribution is -2.12. The number of hydrogen-bond acceptors (Lipinski definition) is 4. The van der Waals surface area contributed by atoms with Gasteiger partial charge in [0.05, 0.1) is 35.5 Å². The number of rotatable bonds is 2. The molecule has 2 fully saturated rings. The number of nitrogens with zero attached hydrogens (tertiary/aromatic N) is 5. The molecular formula is C17H20N6. The van der Waals surface area contributed by atoms with Gasteiger partial charge in [0.2, 0.25) is 0 Å². The zero-order chi connectivity index (χ0) is 15.4. The molecule has 6 nitrogen and oxygen atoms in total. The first-order valence-electron chi connectivity index (χ1n) is 8.32. The summed E-state index contributed by atoms with van der Waals surface area (Å²) >= 11 is 0. The van der Waals surface area contributed by atoms with E-state index >= 15 is 0 Å². The van der Waals surface area contributed by atoms with Crippen molar-refractivity contribution in [3.8, 4) is 11.3 Å². The summed E-state index contributed by atoms with van der Waals surface area (Å²) in [6.45, 7) is 2.33. The second-order valence-electron chi connectivity index (χ2n) is 6.92. The summed E-state index contributed by atoms with van der Waals surface area (Å²) in [6.07, 6.45) is 10.2. The molecule has 2 aliphatic rings. The van der Waals surface area contributed by atoms with Crippen molar-refractivity contribution < 1.29 is 0 Å². The van der Waals surface area contributed by atoms with Crippen molar-refractivity contribution in [2.75, 3.05) is 13.1 Å². The molecule has 0 radical (unpaired) electrons. The lowest BCUT2D eigenvalue weighted by Gasteiger charge is -2.14. The maximum atomic E-state index is 5.03. The van der Waals surface area contributed by atoms with E-state index in [1.54, 1.807) is 0 Å². The number of nitrogens with one attached hydrogen (secondary N) is 1. The molecule has 4 heterocycles. The second-order valence-corrected chi connectivity index (χ2v) is 6.92. The van der Waals surface area contributed by atoms with Crippen molar-refractivity contribution in [2.24, 2.45) is 18.9 Å². The number of aryl methyl sites for hydroxylation is 1. The molecule has 3 aromatic rings. The molecule has 1 N–H and O–H groups in total. The van der Waals surface area contributed by atoms with Gasteiger partial charge in [0, 0.05) is 24.7 Å². The normalized spacial score (nSPS) is 26.9. The molecule has 118 valence electrons. The minimum Gasteiger partial charge on any atom is -0.316 e. The van der Waals surface area contributed by atoms with E-state index in [9.17, 15) is 0 Å². The monoisotopic (exact) mass is 308 g/mol. The van der Waals surface area contributed by atoms with Gasteiger partial charge in [-0.15, -0.1) is 0 Å². The van der Waals surface area contributed by atoms with Crippen LogP contribution >= 0.6 is 0 Å². The summed E-state index contributed by atoms with van der Waals surface area (Å²) in [6, 6.07) is 2.09. The average Bonchev–Trinajstić information content (AvgIpc) is 3.29. The van der Waals surface area contributed by atoms with Crippen LogP contribution in [0, 0.1) is 11.8 Å². The molecular weight excluding hydrogens is 288 g/mol. The highest BCUT2D eigenvalue weighted by molar-refractivity contribution is 5.62. The maximum Gasteiger partial charge on any atom is 0.0921 e. The zero-order valence-corrected chi connectivity index (χ0v) is 13.2. The van der Waals surface area contributed by atoms with Crippen molar-refractivity contribution in [3.63, 3.8) is 0 Å². The van der Waals surface area contributed by atoms with Crippen molar-refractivity contribution in [1.82, 2.24) is 29.7 Å². The SMILES string of the molecule is Cn1cc(-c2cn3nccc3c(C3C[C@H]4CNC[C@H]4C3)n2)cn1. The van der Waals surface area contributed by atoms with E-state index in [-0.39, 0.29) is 0 Å². The van der Waals surface area contributed by atoms with Crippen molar-refractivity contribution in [1.29, 1.82) is 0 Å². The third-order valence-electron chi connectivity index (χ3n) is 5.46. The molecule has 3 atom stereocenters. The number of aromatic nitrogens is 5. The summed E-state index contributed by atoms with van der Waals surface area (Å²) in [4.78, 5) is 5.03. The quantitative estimate of drug-likeness (QED) is 0.785. The fourth-order valence-corrected chi connectivity index (χ4v) is 4.33. The van der Waals surface area contributed by atoms with E-state index in [4.69, 9.17) is 4.98 Å². The van der Waals surface area contributed by atoms with Crippen LogP contribution in [0.5, 0.6) is 0 Å². The minimum absolute atomic E-state index is 0.544. The fourth-order valence-electron chi connectivity index (χ4n) is 4.33.